The lowest BCUT2D eigenvalue weighted by Crippen LogP contribution is -2.32. The fourth-order valence-corrected chi connectivity index (χ4v) is 2.75. The first-order valence-electron chi connectivity index (χ1n) is 7.45. The third kappa shape index (κ3) is 3.55. The smallest absolute Gasteiger partial charge is 0.405 e. The van der Waals surface area contributed by atoms with Crippen LogP contribution in [0.15, 0.2) is 73.6 Å². The standard InChI is InChI=1S/C18H16N4O2/c23-18(24)22-17(15-6-3-9-21-12-15)16(13-4-1-7-19-10-13)14-5-2-8-20-11-14/h1-12,16-17,22H,(H,23,24). The van der Waals surface area contributed by atoms with E-state index in [1.165, 1.54) is 0 Å². The van der Waals surface area contributed by atoms with Crippen molar-refractivity contribution in [1.82, 2.24) is 20.3 Å². The van der Waals surface area contributed by atoms with E-state index in [0.717, 1.165) is 16.7 Å². The van der Waals surface area contributed by atoms with Gasteiger partial charge in [0.15, 0.2) is 0 Å². The summed E-state index contributed by atoms with van der Waals surface area (Å²) in [4.78, 5) is 23.9. The summed E-state index contributed by atoms with van der Waals surface area (Å²) in [7, 11) is 0. The molecule has 3 rings (SSSR count). The van der Waals surface area contributed by atoms with Crippen LogP contribution in [-0.4, -0.2) is 26.2 Å². The van der Waals surface area contributed by atoms with Crippen molar-refractivity contribution < 1.29 is 9.90 Å². The average Bonchev–Trinajstić information content (AvgIpc) is 2.63. The second-order valence-electron chi connectivity index (χ2n) is 5.26. The molecule has 1 unspecified atom stereocenters. The van der Waals surface area contributed by atoms with Gasteiger partial charge in [-0.1, -0.05) is 18.2 Å². The zero-order valence-corrected chi connectivity index (χ0v) is 12.8. The van der Waals surface area contributed by atoms with Gasteiger partial charge in [-0.3, -0.25) is 15.0 Å². The summed E-state index contributed by atoms with van der Waals surface area (Å²) in [5.74, 6) is -0.271. The summed E-state index contributed by atoms with van der Waals surface area (Å²) in [6, 6.07) is 10.7. The number of carboxylic acid groups (broad SMARTS) is 1. The Kier molecular flexibility index (Phi) is 4.76. The van der Waals surface area contributed by atoms with Crippen LogP contribution in [0.4, 0.5) is 4.79 Å². The van der Waals surface area contributed by atoms with Crippen LogP contribution in [0.5, 0.6) is 0 Å². The van der Waals surface area contributed by atoms with E-state index in [4.69, 9.17) is 0 Å². The lowest BCUT2D eigenvalue weighted by atomic mass is 9.83. The maximum Gasteiger partial charge on any atom is 0.405 e. The van der Waals surface area contributed by atoms with Gasteiger partial charge in [-0.05, 0) is 34.9 Å². The number of rotatable bonds is 5. The quantitative estimate of drug-likeness (QED) is 0.754. The molecule has 0 bridgehead atoms. The van der Waals surface area contributed by atoms with Crippen molar-refractivity contribution in [3.63, 3.8) is 0 Å². The van der Waals surface area contributed by atoms with Gasteiger partial charge in [0.25, 0.3) is 0 Å². The lowest BCUT2D eigenvalue weighted by Gasteiger charge is -2.27. The molecule has 0 aliphatic rings. The molecule has 0 spiro atoms. The van der Waals surface area contributed by atoms with Crippen LogP contribution < -0.4 is 5.32 Å². The molecule has 6 heteroatoms. The van der Waals surface area contributed by atoms with Crippen molar-refractivity contribution in [1.29, 1.82) is 0 Å². The Morgan fingerprint density at radius 3 is 1.67 bits per heavy atom. The average molecular weight is 320 g/mol. The molecule has 1 atom stereocenters. The minimum Gasteiger partial charge on any atom is -0.465 e. The predicted octanol–water partition coefficient (Wildman–Crippen LogP) is 3.01. The third-order valence-corrected chi connectivity index (χ3v) is 3.74. The topological polar surface area (TPSA) is 88.0 Å². The Hall–Kier alpha value is -3.28. The number of amides is 1. The fraction of sp³-hybridized carbons (Fsp3) is 0.111. The lowest BCUT2D eigenvalue weighted by molar-refractivity contribution is 0.188. The summed E-state index contributed by atoms with van der Waals surface area (Å²) >= 11 is 0. The van der Waals surface area contributed by atoms with E-state index >= 15 is 0 Å². The zero-order chi connectivity index (χ0) is 16.8. The van der Waals surface area contributed by atoms with E-state index in [9.17, 15) is 9.90 Å². The van der Waals surface area contributed by atoms with Crippen LogP contribution in [0.2, 0.25) is 0 Å². The van der Waals surface area contributed by atoms with E-state index in [0.29, 0.717) is 0 Å². The first kappa shape index (κ1) is 15.6. The highest BCUT2D eigenvalue weighted by atomic mass is 16.4. The summed E-state index contributed by atoms with van der Waals surface area (Å²) in [6.45, 7) is 0. The number of nitrogens with one attached hydrogen (secondary N) is 1. The molecular formula is C18H16N4O2. The summed E-state index contributed by atoms with van der Waals surface area (Å²) in [5, 5.41) is 11.9. The molecule has 120 valence electrons. The molecule has 0 radical (unpaired) electrons. The van der Waals surface area contributed by atoms with Gasteiger partial charge in [-0.25, -0.2) is 4.79 Å². The number of nitrogens with zero attached hydrogens (tertiary/aromatic N) is 3. The molecule has 1 amide bonds. The highest BCUT2D eigenvalue weighted by Crippen LogP contribution is 2.35. The van der Waals surface area contributed by atoms with Gasteiger partial charge in [0.2, 0.25) is 0 Å². The van der Waals surface area contributed by atoms with E-state index < -0.39 is 12.1 Å². The molecule has 0 saturated carbocycles. The highest BCUT2D eigenvalue weighted by molar-refractivity contribution is 5.65. The van der Waals surface area contributed by atoms with Gasteiger partial charge in [0.05, 0.1) is 6.04 Å². The van der Waals surface area contributed by atoms with E-state index in [1.807, 2.05) is 30.3 Å². The molecule has 3 aromatic heterocycles. The van der Waals surface area contributed by atoms with Crippen molar-refractivity contribution in [2.45, 2.75) is 12.0 Å². The van der Waals surface area contributed by atoms with E-state index in [-0.39, 0.29) is 5.92 Å². The van der Waals surface area contributed by atoms with Crippen LogP contribution >= 0.6 is 0 Å². The third-order valence-electron chi connectivity index (χ3n) is 3.74. The Bertz CT molecular complexity index is 742. The molecular weight excluding hydrogens is 304 g/mol. The highest BCUT2D eigenvalue weighted by Gasteiger charge is 2.28. The normalized spacial score (nSPS) is 11.9. The molecule has 0 fully saturated rings. The largest absolute Gasteiger partial charge is 0.465 e. The maximum atomic E-state index is 11.4. The van der Waals surface area contributed by atoms with Crippen LogP contribution in [-0.2, 0) is 0 Å². The molecule has 0 aliphatic heterocycles. The second-order valence-corrected chi connectivity index (χ2v) is 5.26. The Labute approximate surface area is 139 Å². The number of aromatic nitrogens is 3. The summed E-state index contributed by atoms with van der Waals surface area (Å²) < 4.78 is 0. The molecule has 0 saturated heterocycles. The van der Waals surface area contributed by atoms with Crippen LogP contribution in [0.3, 0.4) is 0 Å². The maximum absolute atomic E-state index is 11.4. The number of hydrogen-bond acceptors (Lipinski definition) is 4. The Balaban J connectivity index is 2.12. The molecule has 0 aliphatic carbocycles. The Morgan fingerprint density at radius 1 is 0.833 bits per heavy atom. The number of hydrogen-bond donors (Lipinski definition) is 2. The van der Waals surface area contributed by atoms with Gasteiger partial charge in [-0.15, -0.1) is 0 Å². The fourth-order valence-electron chi connectivity index (χ4n) is 2.75. The van der Waals surface area contributed by atoms with Gasteiger partial charge < -0.3 is 10.4 Å². The first-order valence-corrected chi connectivity index (χ1v) is 7.45. The van der Waals surface area contributed by atoms with Crippen LogP contribution in [0, 0.1) is 0 Å². The molecule has 3 heterocycles. The molecule has 0 aromatic carbocycles. The number of pyridine rings is 3. The van der Waals surface area contributed by atoms with Crippen molar-refractivity contribution >= 4 is 6.09 Å². The van der Waals surface area contributed by atoms with Crippen LogP contribution in [0.1, 0.15) is 28.7 Å². The molecule has 24 heavy (non-hydrogen) atoms. The SMILES string of the molecule is O=C(O)NC(c1cccnc1)C(c1cccnc1)c1cccnc1. The minimum absolute atomic E-state index is 0.271. The summed E-state index contributed by atoms with van der Waals surface area (Å²) in [5.41, 5.74) is 2.57. The first-order chi connectivity index (χ1) is 11.8. The minimum atomic E-state index is -1.10. The number of carbonyl (C=O) groups is 1. The van der Waals surface area contributed by atoms with Gasteiger partial charge >= 0.3 is 6.09 Å². The molecule has 2 N–H and O–H groups in total. The van der Waals surface area contributed by atoms with E-state index in [2.05, 4.69) is 20.3 Å². The van der Waals surface area contributed by atoms with Crippen molar-refractivity contribution in [3.8, 4) is 0 Å². The molecule has 6 nitrogen and oxygen atoms in total. The van der Waals surface area contributed by atoms with Crippen molar-refractivity contribution in [2.24, 2.45) is 0 Å². The van der Waals surface area contributed by atoms with Gasteiger partial charge in [0, 0.05) is 43.1 Å². The molecule has 3 aromatic rings. The Morgan fingerprint density at radius 2 is 1.29 bits per heavy atom. The van der Waals surface area contributed by atoms with E-state index in [1.54, 1.807) is 43.2 Å². The second kappa shape index (κ2) is 7.32. The summed E-state index contributed by atoms with van der Waals surface area (Å²) in [6.07, 6.45) is 9.09. The van der Waals surface area contributed by atoms with Crippen LogP contribution in [0.25, 0.3) is 0 Å². The van der Waals surface area contributed by atoms with Crippen molar-refractivity contribution in [2.75, 3.05) is 0 Å². The monoisotopic (exact) mass is 320 g/mol. The van der Waals surface area contributed by atoms with Gasteiger partial charge in [0.1, 0.15) is 0 Å². The predicted molar refractivity (Wildman–Crippen MR) is 88.5 cm³/mol. The van der Waals surface area contributed by atoms with Crippen molar-refractivity contribution in [3.05, 3.63) is 90.3 Å². The van der Waals surface area contributed by atoms with Gasteiger partial charge in [-0.2, -0.15) is 0 Å². The zero-order valence-electron chi connectivity index (χ0n) is 12.8.